The first-order valence-electron chi connectivity index (χ1n) is 7.80. The minimum atomic E-state index is -1.18. The number of unbranched alkanes of at least 4 members (excludes halogenated alkanes) is 2. The molecule has 0 atom stereocenters. The van der Waals surface area contributed by atoms with Gasteiger partial charge in [0.05, 0.1) is 23.6 Å². The number of carboxylic acids is 1. The molecule has 1 aromatic carbocycles. The van der Waals surface area contributed by atoms with Crippen molar-refractivity contribution in [2.24, 2.45) is 0 Å². The summed E-state index contributed by atoms with van der Waals surface area (Å²) in [5.74, 6) is -0.747. The molecule has 0 saturated heterocycles. The fourth-order valence-corrected chi connectivity index (χ4v) is 3.01. The third-order valence-electron chi connectivity index (χ3n) is 3.32. The van der Waals surface area contributed by atoms with E-state index in [0.717, 1.165) is 23.6 Å². The van der Waals surface area contributed by atoms with E-state index in [-0.39, 0.29) is 22.0 Å². The fraction of sp³-hybridized carbons (Fsp3) is 0.294. The Bertz CT molecular complexity index is 753. The second-order valence-corrected chi connectivity index (χ2v) is 6.80. The number of benzene rings is 1. The molecule has 0 aliphatic carbocycles. The van der Waals surface area contributed by atoms with Gasteiger partial charge in [0.15, 0.2) is 0 Å². The molecule has 0 radical (unpaired) electrons. The summed E-state index contributed by atoms with van der Waals surface area (Å²) in [6.07, 6.45) is 6.38. The van der Waals surface area contributed by atoms with E-state index in [2.05, 4.69) is 22.2 Å². The van der Waals surface area contributed by atoms with Gasteiger partial charge in [0, 0.05) is 5.02 Å². The highest BCUT2D eigenvalue weighted by molar-refractivity contribution is 7.99. The minimum Gasteiger partial charge on any atom is -0.478 e. The number of hydrogen-bond acceptors (Lipinski definition) is 5. The Kier molecular flexibility index (Phi) is 7.21. The van der Waals surface area contributed by atoms with Crippen LogP contribution in [0.3, 0.4) is 0 Å². The van der Waals surface area contributed by atoms with E-state index in [0.29, 0.717) is 0 Å². The quantitative estimate of drug-likeness (QED) is 0.522. The molecule has 1 aromatic heterocycles. The SMILES string of the molecule is CCCCCSc1cnc(C(=O)Nc2ccc(Cl)cc2C(=O)O)cn1. The van der Waals surface area contributed by atoms with Crippen molar-refractivity contribution >= 4 is 40.9 Å². The highest BCUT2D eigenvalue weighted by Gasteiger charge is 2.15. The highest BCUT2D eigenvalue weighted by atomic mass is 35.5. The first-order chi connectivity index (χ1) is 12.0. The summed E-state index contributed by atoms with van der Waals surface area (Å²) in [5, 5.41) is 12.7. The van der Waals surface area contributed by atoms with Gasteiger partial charge in [-0.1, -0.05) is 31.4 Å². The molecule has 2 aromatic rings. The smallest absolute Gasteiger partial charge is 0.337 e. The average molecular weight is 380 g/mol. The van der Waals surface area contributed by atoms with Gasteiger partial charge in [0.25, 0.3) is 5.91 Å². The molecule has 1 heterocycles. The van der Waals surface area contributed by atoms with Crippen LogP contribution in [-0.2, 0) is 0 Å². The third-order valence-corrected chi connectivity index (χ3v) is 4.55. The van der Waals surface area contributed by atoms with Gasteiger partial charge in [-0.3, -0.25) is 4.79 Å². The maximum Gasteiger partial charge on any atom is 0.337 e. The topological polar surface area (TPSA) is 92.2 Å². The van der Waals surface area contributed by atoms with Crippen LogP contribution < -0.4 is 5.32 Å². The zero-order valence-electron chi connectivity index (χ0n) is 13.7. The Morgan fingerprint density at radius 3 is 2.68 bits per heavy atom. The Hall–Kier alpha value is -2.12. The lowest BCUT2D eigenvalue weighted by molar-refractivity contribution is 0.0698. The second-order valence-electron chi connectivity index (χ2n) is 5.24. The number of amides is 1. The van der Waals surface area contributed by atoms with Crippen molar-refractivity contribution in [1.82, 2.24) is 9.97 Å². The molecule has 0 aliphatic heterocycles. The van der Waals surface area contributed by atoms with E-state index in [1.165, 1.54) is 30.8 Å². The van der Waals surface area contributed by atoms with Crippen molar-refractivity contribution in [3.63, 3.8) is 0 Å². The summed E-state index contributed by atoms with van der Waals surface area (Å²) < 4.78 is 0. The summed E-state index contributed by atoms with van der Waals surface area (Å²) in [4.78, 5) is 31.8. The summed E-state index contributed by atoms with van der Waals surface area (Å²) in [7, 11) is 0. The number of nitrogens with one attached hydrogen (secondary N) is 1. The normalized spacial score (nSPS) is 10.5. The van der Waals surface area contributed by atoms with Crippen LogP contribution in [0.1, 0.15) is 47.0 Å². The van der Waals surface area contributed by atoms with Gasteiger partial charge in [-0.05, 0) is 30.4 Å². The predicted octanol–water partition coefficient (Wildman–Crippen LogP) is 4.36. The molecule has 2 rings (SSSR count). The first kappa shape index (κ1) is 19.2. The summed E-state index contributed by atoms with van der Waals surface area (Å²) >= 11 is 7.39. The highest BCUT2D eigenvalue weighted by Crippen LogP contribution is 2.21. The van der Waals surface area contributed by atoms with Crippen LogP contribution in [0.25, 0.3) is 0 Å². The van der Waals surface area contributed by atoms with Crippen LogP contribution in [0.4, 0.5) is 5.69 Å². The molecule has 0 spiro atoms. The number of carbonyl (C=O) groups is 2. The Morgan fingerprint density at radius 2 is 2.04 bits per heavy atom. The monoisotopic (exact) mass is 379 g/mol. The fourth-order valence-electron chi connectivity index (χ4n) is 2.03. The van der Waals surface area contributed by atoms with E-state index in [9.17, 15) is 14.7 Å². The molecular formula is C17H18ClN3O3S. The number of rotatable bonds is 8. The molecule has 0 aliphatic rings. The van der Waals surface area contributed by atoms with Crippen LogP contribution in [-0.4, -0.2) is 32.7 Å². The number of aromatic carboxylic acids is 1. The standard InChI is InChI=1S/C17H18ClN3O3S/c1-2-3-4-7-25-15-10-19-14(9-20-15)16(22)21-13-6-5-11(18)8-12(13)17(23)24/h5-6,8-10H,2-4,7H2,1H3,(H,21,22)(H,23,24). The molecule has 1 amide bonds. The number of thioether (sulfide) groups is 1. The molecule has 132 valence electrons. The van der Waals surface area contributed by atoms with Crippen molar-refractivity contribution in [3.05, 3.63) is 46.9 Å². The molecule has 0 fully saturated rings. The minimum absolute atomic E-state index is 0.0862. The number of hydrogen-bond donors (Lipinski definition) is 2. The molecule has 8 heteroatoms. The van der Waals surface area contributed by atoms with Crippen LogP contribution >= 0.6 is 23.4 Å². The van der Waals surface area contributed by atoms with Crippen molar-refractivity contribution in [3.8, 4) is 0 Å². The Morgan fingerprint density at radius 1 is 1.24 bits per heavy atom. The van der Waals surface area contributed by atoms with Gasteiger partial charge in [0.1, 0.15) is 10.7 Å². The van der Waals surface area contributed by atoms with Gasteiger partial charge < -0.3 is 10.4 Å². The molecule has 2 N–H and O–H groups in total. The van der Waals surface area contributed by atoms with Crippen molar-refractivity contribution in [2.45, 2.75) is 31.2 Å². The van der Waals surface area contributed by atoms with Gasteiger partial charge in [0.2, 0.25) is 0 Å². The van der Waals surface area contributed by atoms with Crippen LogP contribution in [0.5, 0.6) is 0 Å². The van der Waals surface area contributed by atoms with Crippen LogP contribution in [0.15, 0.2) is 35.6 Å². The molecule has 25 heavy (non-hydrogen) atoms. The zero-order chi connectivity index (χ0) is 18.2. The van der Waals surface area contributed by atoms with E-state index in [1.807, 2.05) is 0 Å². The lowest BCUT2D eigenvalue weighted by Crippen LogP contribution is -2.16. The number of halogens is 1. The van der Waals surface area contributed by atoms with E-state index in [1.54, 1.807) is 18.0 Å². The van der Waals surface area contributed by atoms with Gasteiger partial charge in [-0.2, -0.15) is 0 Å². The maximum absolute atomic E-state index is 12.2. The Balaban J connectivity index is 2.03. The average Bonchev–Trinajstić information content (AvgIpc) is 2.60. The van der Waals surface area contributed by atoms with Crippen molar-refractivity contribution < 1.29 is 14.7 Å². The van der Waals surface area contributed by atoms with Crippen molar-refractivity contribution in [2.75, 3.05) is 11.1 Å². The first-order valence-corrected chi connectivity index (χ1v) is 9.16. The zero-order valence-corrected chi connectivity index (χ0v) is 15.2. The molecular weight excluding hydrogens is 362 g/mol. The second kappa shape index (κ2) is 9.39. The predicted molar refractivity (Wildman–Crippen MR) is 98.6 cm³/mol. The molecule has 6 nitrogen and oxygen atoms in total. The largest absolute Gasteiger partial charge is 0.478 e. The maximum atomic E-state index is 12.2. The van der Waals surface area contributed by atoms with Crippen LogP contribution in [0.2, 0.25) is 5.02 Å². The van der Waals surface area contributed by atoms with Crippen LogP contribution in [0, 0.1) is 0 Å². The molecule has 0 bridgehead atoms. The van der Waals surface area contributed by atoms with Gasteiger partial charge in [-0.15, -0.1) is 11.8 Å². The number of nitrogens with zero attached hydrogens (tertiary/aromatic N) is 2. The summed E-state index contributed by atoms with van der Waals surface area (Å²) in [6, 6.07) is 4.22. The lowest BCUT2D eigenvalue weighted by Gasteiger charge is -2.08. The third kappa shape index (κ3) is 5.72. The van der Waals surface area contributed by atoms with Gasteiger partial charge in [-0.25, -0.2) is 14.8 Å². The lowest BCUT2D eigenvalue weighted by atomic mass is 10.1. The van der Waals surface area contributed by atoms with E-state index in [4.69, 9.17) is 11.6 Å². The van der Waals surface area contributed by atoms with E-state index < -0.39 is 11.9 Å². The molecule has 0 unspecified atom stereocenters. The van der Waals surface area contributed by atoms with Gasteiger partial charge >= 0.3 is 5.97 Å². The number of carbonyl (C=O) groups excluding carboxylic acids is 1. The van der Waals surface area contributed by atoms with Crippen molar-refractivity contribution in [1.29, 1.82) is 0 Å². The Labute approximate surface area is 155 Å². The molecule has 0 saturated carbocycles. The summed E-state index contributed by atoms with van der Waals surface area (Å²) in [5.41, 5.74) is 0.183. The number of anilines is 1. The van der Waals surface area contributed by atoms with E-state index >= 15 is 0 Å². The summed E-state index contributed by atoms with van der Waals surface area (Å²) in [6.45, 7) is 2.15. The number of carboxylic acid groups (broad SMARTS) is 1. The number of aromatic nitrogens is 2.